The van der Waals surface area contributed by atoms with Crippen molar-refractivity contribution in [3.63, 3.8) is 0 Å². The van der Waals surface area contributed by atoms with Crippen molar-refractivity contribution in [2.45, 2.75) is 120 Å². The molecule has 40 heavy (non-hydrogen) atoms. The van der Waals surface area contributed by atoms with Gasteiger partial charge in [0.15, 0.2) is 11.6 Å². The van der Waals surface area contributed by atoms with Crippen LogP contribution in [0.1, 0.15) is 79.6 Å². The fraction of sp³-hybridized carbons (Fsp3) is 0.833. The Morgan fingerprint density at radius 1 is 1.07 bits per heavy atom. The van der Waals surface area contributed by atoms with Gasteiger partial charge in [0.2, 0.25) is 5.79 Å². The van der Waals surface area contributed by atoms with E-state index in [1.807, 2.05) is 0 Å². The maximum Gasteiger partial charge on any atom is 0.306 e. The lowest BCUT2D eigenvalue weighted by molar-refractivity contribution is -0.391. The van der Waals surface area contributed by atoms with E-state index in [0.29, 0.717) is 0 Å². The van der Waals surface area contributed by atoms with Gasteiger partial charge in [-0.2, -0.15) is 0 Å². The summed E-state index contributed by atoms with van der Waals surface area (Å²) in [5, 5.41) is 48.4. The van der Waals surface area contributed by atoms with Crippen LogP contribution in [0.15, 0.2) is 12.2 Å². The van der Waals surface area contributed by atoms with E-state index in [9.17, 15) is 34.8 Å². The highest BCUT2D eigenvalue weighted by Crippen LogP contribution is 2.71. The summed E-state index contributed by atoms with van der Waals surface area (Å²) in [4.78, 5) is 41.2. The molecule has 3 heterocycles. The van der Waals surface area contributed by atoms with Crippen molar-refractivity contribution in [3.8, 4) is 0 Å². The second-order valence-corrected chi connectivity index (χ2v) is 13.9. The highest BCUT2D eigenvalue weighted by atomic mass is 16.7. The number of hydrogen-bond acceptors (Lipinski definition) is 10. The predicted molar refractivity (Wildman–Crippen MR) is 138 cm³/mol. The highest BCUT2D eigenvalue weighted by Gasteiger charge is 2.86. The van der Waals surface area contributed by atoms with Crippen LogP contribution in [0.5, 0.6) is 0 Å². The Hall–Kier alpha value is -1.69. The largest absolute Gasteiger partial charge is 0.459 e. The molecule has 5 unspecified atom stereocenters. The minimum atomic E-state index is -2.52. The number of ether oxygens (including phenoxy) is 3. The molecular formula is C30H42O10. The smallest absolute Gasteiger partial charge is 0.306 e. The van der Waals surface area contributed by atoms with E-state index in [1.54, 1.807) is 40.7 Å². The minimum absolute atomic E-state index is 0.0408. The van der Waals surface area contributed by atoms with E-state index in [-0.39, 0.29) is 51.6 Å². The van der Waals surface area contributed by atoms with Crippen molar-refractivity contribution in [2.75, 3.05) is 6.61 Å². The zero-order valence-corrected chi connectivity index (χ0v) is 23.9. The molecule has 0 aromatic heterocycles. The Morgan fingerprint density at radius 3 is 2.42 bits per heavy atom. The number of esters is 1. The van der Waals surface area contributed by atoms with Gasteiger partial charge in [0.25, 0.3) is 0 Å². The topological polar surface area (TPSA) is 160 Å². The first-order valence-electron chi connectivity index (χ1n) is 14.7. The van der Waals surface area contributed by atoms with Crippen LogP contribution in [0.2, 0.25) is 0 Å². The predicted octanol–water partition coefficient (Wildman–Crippen LogP) is 1.35. The molecule has 10 heteroatoms. The summed E-state index contributed by atoms with van der Waals surface area (Å²) < 4.78 is 18.9. The lowest BCUT2D eigenvalue weighted by Gasteiger charge is -2.66. The fourth-order valence-electron chi connectivity index (χ4n) is 10.2. The number of carbonyl (C=O) groups excluding carboxylic acids is 3. The Labute approximate surface area is 234 Å². The molecule has 3 aliphatic heterocycles. The molecule has 222 valence electrons. The van der Waals surface area contributed by atoms with Gasteiger partial charge in [-0.25, -0.2) is 0 Å². The Kier molecular flexibility index (Phi) is 5.85. The second-order valence-electron chi connectivity index (χ2n) is 13.9. The summed E-state index contributed by atoms with van der Waals surface area (Å²) in [6.45, 7) is 8.79. The molecule has 2 saturated carbocycles. The molecule has 3 aliphatic carbocycles. The second kappa shape index (κ2) is 8.23. The lowest BCUT2D eigenvalue weighted by atomic mass is 9.46. The Balaban J connectivity index is 1.62. The number of hydrogen-bond donors (Lipinski definition) is 4. The standard InChI is InChI=1S/C30H42O10/c1-6-27(35)12-10-16-17(13-19(32)28(36)11-8-9-18(31)25(16,28)4)29(37)23(34)22-24(3)14-20(39-21(33)15-24)26(5,38-7-2)30(22,27)40-29/h8-9,16-17,19-20,22,32,35-37H,6-7,10-15H2,1-5H3/t16?,17?,19?,20?,22?,24-,25+,26+,27+,28+,29-,30+/m1/s1. The quantitative estimate of drug-likeness (QED) is 0.370. The van der Waals surface area contributed by atoms with Crippen molar-refractivity contribution >= 4 is 17.5 Å². The van der Waals surface area contributed by atoms with Gasteiger partial charge >= 0.3 is 5.97 Å². The van der Waals surface area contributed by atoms with E-state index >= 15 is 0 Å². The summed E-state index contributed by atoms with van der Waals surface area (Å²) in [6.07, 6.45) is 1.08. The number of aliphatic hydroxyl groups is 4. The molecular weight excluding hydrogens is 520 g/mol. The molecule has 5 fully saturated rings. The zero-order chi connectivity index (χ0) is 29.3. The molecule has 4 N–H and O–H groups in total. The molecule has 6 aliphatic rings. The van der Waals surface area contributed by atoms with Gasteiger partial charge in [-0.05, 0) is 76.7 Å². The number of ketones is 2. The molecule has 10 nitrogen and oxygen atoms in total. The van der Waals surface area contributed by atoms with Crippen molar-refractivity contribution in [1.29, 1.82) is 0 Å². The first kappa shape index (κ1) is 28.4. The molecule has 3 saturated heterocycles. The van der Waals surface area contributed by atoms with Gasteiger partial charge in [0, 0.05) is 12.5 Å². The Morgan fingerprint density at radius 2 is 1.77 bits per heavy atom. The molecule has 12 atom stereocenters. The van der Waals surface area contributed by atoms with Crippen molar-refractivity contribution in [1.82, 2.24) is 0 Å². The maximum atomic E-state index is 14.8. The fourth-order valence-corrected chi connectivity index (χ4v) is 10.2. The number of fused-ring (bicyclic) bond motifs is 8. The van der Waals surface area contributed by atoms with Crippen molar-refractivity contribution in [3.05, 3.63) is 12.2 Å². The molecule has 0 amide bonds. The summed E-state index contributed by atoms with van der Waals surface area (Å²) in [6, 6.07) is 0. The van der Waals surface area contributed by atoms with Crippen LogP contribution in [0.4, 0.5) is 0 Å². The van der Waals surface area contributed by atoms with Gasteiger partial charge in [-0.15, -0.1) is 0 Å². The SMILES string of the molecule is CCO[C@@]1(C)C2C[C@](C)(CC(=O)O2)C2C(=O)[C@]3(O)O[C@@]21[C@](O)(CC)CCC1C3CC(O)[C@@]2(O)CC=CC(=O)[C@]12C. The van der Waals surface area contributed by atoms with Gasteiger partial charge in [0.05, 0.1) is 29.5 Å². The lowest BCUT2D eigenvalue weighted by Crippen LogP contribution is -2.81. The first-order chi connectivity index (χ1) is 18.5. The van der Waals surface area contributed by atoms with Crippen LogP contribution in [0.3, 0.4) is 0 Å². The minimum Gasteiger partial charge on any atom is -0.459 e. The van der Waals surface area contributed by atoms with Crippen LogP contribution in [0.25, 0.3) is 0 Å². The van der Waals surface area contributed by atoms with E-state index in [1.165, 1.54) is 6.08 Å². The molecule has 4 bridgehead atoms. The van der Waals surface area contributed by atoms with Crippen molar-refractivity contribution in [2.24, 2.45) is 28.6 Å². The van der Waals surface area contributed by atoms with Gasteiger partial charge in [-0.1, -0.05) is 19.9 Å². The third-order valence-electron chi connectivity index (χ3n) is 12.3. The Bertz CT molecular complexity index is 1200. The molecule has 0 aromatic carbocycles. The van der Waals surface area contributed by atoms with Crippen LogP contribution >= 0.6 is 0 Å². The number of Topliss-reactive ketones (excluding diaryl/α,β-unsaturated/α-hetero) is 1. The van der Waals surface area contributed by atoms with E-state index < -0.39 is 86.5 Å². The van der Waals surface area contributed by atoms with E-state index in [4.69, 9.17) is 14.2 Å². The van der Waals surface area contributed by atoms with Crippen LogP contribution in [-0.4, -0.2) is 85.0 Å². The summed E-state index contributed by atoms with van der Waals surface area (Å²) in [5.74, 6) is -7.10. The van der Waals surface area contributed by atoms with Crippen LogP contribution in [0, 0.1) is 28.6 Å². The van der Waals surface area contributed by atoms with Crippen LogP contribution < -0.4 is 0 Å². The zero-order valence-electron chi connectivity index (χ0n) is 23.9. The monoisotopic (exact) mass is 562 g/mol. The molecule has 0 aromatic rings. The summed E-state index contributed by atoms with van der Waals surface area (Å²) in [7, 11) is 0. The van der Waals surface area contributed by atoms with Gasteiger partial charge in [-0.3, -0.25) is 14.4 Å². The van der Waals surface area contributed by atoms with E-state index in [2.05, 4.69) is 0 Å². The van der Waals surface area contributed by atoms with Crippen LogP contribution in [-0.2, 0) is 28.6 Å². The third kappa shape index (κ3) is 2.88. The molecule has 1 spiro atoms. The van der Waals surface area contributed by atoms with Gasteiger partial charge in [0.1, 0.15) is 22.9 Å². The summed E-state index contributed by atoms with van der Waals surface area (Å²) >= 11 is 0. The normalized spacial score (nSPS) is 56.9. The average Bonchev–Trinajstić information content (AvgIpc) is 3.15. The number of carbonyl (C=O) groups is 3. The number of allylic oxidation sites excluding steroid dienone is 1. The number of aliphatic hydroxyl groups excluding tert-OH is 1. The average molecular weight is 563 g/mol. The summed E-state index contributed by atoms with van der Waals surface area (Å²) in [5.41, 5.74) is -9.40. The number of rotatable bonds is 3. The third-order valence-corrected chi connectivity index (χ3v) is 12.3. The molecule has 6 rings (SSSR count). The van der Waals surface area contributed by atoms with Gasteiger partial charge < -0.3 is 34.6 Å². The molecule has 0 radical (unpaired) electrons. The van der Waals surface area contributed by atoms with Crippen molar-refractivity contribution < 1.29 is 49.0 Å². The first-order valence-corrected chi connectivity index (χ1v) is 14.7. The highest BCUT2D eigenvalue weighted by molar-refractivity contribution is 5.98. The maximum absolute atomic E-state index is 14.8. The van der Waals surface area contributed by atoms with E-state index in [0.717, 1.165) is 0 Å².